The zero-order valence-electron chi connectivity index (χ0n) is 16.3. The van der Waals surface area contributed by atoms with Crippen molar-refractivity contribution in [3.8, 4) is 0 Å². The van der Waals surface area contributed by atoms with Gasteiger partial charge in [-0.15, -0.1) is 0 Å². The van der Waals surface area contributed by atoms with Crippen LogP contribution >= 0.6 is 23.4 Å². The second-order valence-corrected chi connectivity index (χ2v) is 8.63. The highest BCUT2D eigenvalue weighted by Gasteiger charge is 2.22. The van der Waals surface area contributed by atoms with Crippen LogP contribution in [0.3, 0.4) is 0 Å². The first kappa shape index (κ1) is 20.9. The van der Waals surface area contributed by atoms with Gasteiger partial charge in [0.25, 0.3) is 0 Å². The van der Waals surface area contributed by atoms with Crippen LogP contribution in [0.1, 0.15) is 24.1 Å². The van der Waals surface area contributed by atoms with E-state index in [0.717, 1.165) is 43.5 Å². The number of hydrogen-bond donors (Lipinski definition) is 2. The molecule has 0 saturated heterocycles. The number of carbonyl (C=O) groups excluding carboxylic acids is 1. The van der Waals surface area contributed by atoms with Crippen molar-refractivity contribution in [2.45, 2.75) is 37.3 Å². The van der Waals surface area contributed by atoms with E-state index in [0.29, 0.717) is 22.3 Å². The zero-order chi connectivity index (χ0) is 20.1. The van der Waals surface area contributed by atoms with Gasteiger partial charge in [-0.25, -0.2) is 4.79 Å². The highest BCUT2D eigenvalue weighted by atomic mass is 35.5. The van der Waals surface area contributed by atoms with E-state index in [-0.39, 0.29) is 17.3 Å². The molecule has 0 fully saturated rings. The lowest BCUT2D eigenvalue weighted by Gasteiger charge is -2.15. The van der Waals surface area contributed by atoms with E-state index in [4.69, 9.17) is 11.6 Å². The van der Waals surface area contributed by atoms with Crippen molar-refractivity contribution in [2.75, 3.05) is 31.7 Å². The molecule has 0 bridgehead atoms. The number of nitrogens with zero attached hydrogens (tertiary/aromatic N) is 2. The smallest absolute Gasteiger partial charge is 0.340 e. The lowest BCUT2D eigenvalue weighted by molar-refractivity contribution is -0.858. The van der Waals surface area contributed by atoms with Crippen LogP contribution in [0.5, 0.6) is 0 Å². The van der Waals surface area contributed by atoms with E-state index in [1.54, 1.807) is 12.1 Å². The summed E-state index contributed by atoms with van der Waals surface area (Å²) in [6, 6.07) is 7.13. The molecule has 6 nitrogen and oxygen atoms in total. The molecule has 28 heavy (non-hydrogen) atoms. The van der Waals surface area contributed by atoms with Crippen molar-refractivity contribution < 1.29 is 9.69 Å². The normalized spacial score (nSPS) is 13.0. The van der Waals surface area contributed by atoms with Crippen LogP contribution in [-0.4, -0.2) is 41.9 Å². The number of carbonyl (C=O) groups is 1. The van der Waals surface area contributed by atoms with E-state index < -0.39 is 0 Å². The Hall–Kier alpha value is -1.83. The molecule has 0 aliphatic heterocycles. The zero-order valence-corrected chi connectivity index (χ0v) is 17.8. The maximum Gasteiger partial charge on any atom is 0.348 e. The summed E-state index contributed by atoms with van der Waals surface area (Å²) in [5.74, 6) is 0.0303. The molecule has 1 aromatic heterocycles. The molecule has 0 saturated carbocycles. The number of benzene rings is 1. The number of para-hydroxylation sites is 1. The molecule has 3 rings (SSSR count). The van der Waals surface area contributed by atoms with Crippen LogP contribution < -0.4 is 15.9 Å². The third-order valence-electron chi connectivity index (χ3n) is 4.75. The number of thioether (sulfide) groups is 1. The van der Waals surface area contributed by atoms with Gasteiger partial charge in [0.2, 0.25) is 5.91 Å². The van der Waals surface area contributed by atoms with Gasteiger partial charge in [0.15, 0.2) is 0 Å². The molecule has 1 aliphatic carbocycles. The first-order valence-corrected chi connectivity index (χ1v) is 10.9. The van der Waals surface area contributed by atoms with E-state index in [1.807, 2.05) is 16.7 Å². The number of quaternary nitrogens is 1. The Labute approximate surface area is 174 Å². The number of fused-ring (bicyclic) bond motifs is 1. The highest BCUT2D eigenvalue weighted by molar-refractivity contribution is 8.00. The molecule has 0 unspecified atom stereocenters. The maximum absolute atomic E-state index is 12.6. The Morgan fingerprint density at radius 2 is 2.11 bits per heavy atom. The van der Waals surface area contributed by atoms with Crippen LogP contribution in [0, 0.1) is 0 Å². The Bertz CT molecular complexity index is 914. The van der Waals surface area contributed by atoms with Gasteiger partial charge in [0.05, 0.1) is 37.1 Å². The summed E-state index contributed by atoms with van der Waals surface area (Å²) in [6.07, 6.45) is 3.79. The quantitative estimate of drug-likeness (QED) is 0.502. The topological polar surface area (TPSA) is 68.4 Å². The highest BCUT2D eigenvalue weighted by Crippen LogP contribution is 2.29. The summed E-state index contributed by atoms with van der Waals surface area (Å²) >= 11 is 7.41. The fourth-order valence-electron chi connectivity index (χ4n) is 3.41. The second kappa shape index (κ2) is 9.58. The fourth-order valence-corrected chi connectivity index (χ4v) is 4.47. The third-order valence-corrected chi connectivity index (χ3v) is 6.09. The van der Waals surface area contributed by atoms with Gasteiger partial charge in [-0.2, -0.15) is 4.98 Å². The van der Waals surface area contributed by atoms with Crippen LogP contribution in [0.4, 0.5) is 5.69 Å². The van der Waals surface area contributed by atoms with Gasteiger partial charge < -0.3 is 10.2 Å². The van der Waals surface area contributed by atoms with Crippen molar-refractivity contribution in [1.82, 2.24) is 9.55 Å². The molecular formula is C20H26ClN4O2S+. The van der Waals surface area contributed by atoms with Crippen LogP contribution in [0.25, 0.3) is 0 Å². The average molecular weight is 422 g/mol. The average Bonchev–Trinajstić information content (AvgIpc) is 3.13. The predicted molar refractivity (Wildman–Crippen MR) is 114 cm³/mol. The first-order valence-electron chi connectivity index (χ1n) is 9.54. The second-order valence-electron chi connectivity index (χ2n) is 7.26. The number of halogens is 1. The largest absolute Gasteiger partial charge is 0.348 e. The first-order chi connectivity index (χ1) is 13.5. The molecule has 150 valence electrons. The van der Waals surface area contributed by atoms with Gasteiger partial charge in [-0.05, 0) is 31.4 Å². The van der Waals surface area contributed by atoms with Crippen molar-refractivity contribution in [3.05, 3.63) is 51.0 Å². The molecule has 0 radical (unpaired) electrons. The number of amides is 1. The van der Waals surface area contributed by atoms with Crippen LogP contribution in [-0.2, 0) is 24.2 Å². The monoisotopic (exact) mass is 421 g/mol. The minimum Gasteiger partial charge on any atom is -0.340 e. The molecule has 0 spiro atoms. The molecule has 1 aliphatic rings. The Kier molecular flexibility index (Phi) is 7.15. The molecule has 8 heteroatoms. The van der Waals surface area contributed by atoms with E-state index >= 15 is 0 Å². The summed E-state index contributed by atoms with van der Waals surface area (Å²) in [4.78, 5) is 30.5. The van der Waals surface area contributed by atoms with Gasteiger partial charge in [0, 0.05) is 24.2 Å². The van der Waals surface area contributed by atoms with Crippen molar-refractivity contribution in [2.24, 2.45) is 0 Å². The number of hydrogen-bond acceptors (Lipinski definition) is 4. The number of aromatic nitrogens is 2. The Morgan fingerprint density at radius 1 is 1.32 bits per heavy atom. The van der Waals surface area contributed by atoms with Crippen molar-refractivity contribution in [1.29, 1.82) is 0 Å². The predicted octanol–water partition coefficient (Wildman–Crippen LogP) is 1.65. The van der Waals surface area contributed by atoms with Crippen LogP contribution in [0.15, 0.2) is 34.1 Å². The van der Waals surface area contributed by atoms with Crippen molar-refractivity contribution in [3.63, 3.8) is 0 Å². The molecule has 1 heterocycles. The van der Waals surface area contributed by atoms with Gasteiger partial charge in [0.1, 0.15) is 5.03 Å². The summed E-state index contributed by atoms with van der Waals surface area (Å²) in [5, 5.41) is 4.00. The Morgan fingerprint density at radius 3 is 2.86 bits per heavy atom. The minimum absolute atomic E-state index is 0.162. The maximum atomic E-state index is 12.6. The number of anilines is 1. The summed E-state index contributed by atoms with van der Waals surface area (Å²) in [5.41, 5.74) is 2.62. The molecule has 2 aromatic rings. The van der Waals surface area contributed by atoms with Gasteiger partial charge in [-0.1, -0.05) is 35.5 Å². The Balaban J connectivity index is 1.68. The molecule has 1 amide bonds. The summed E-state index contributed by atoms with van der Waals surface area (Å²) in [7, 11) is 4.22. The molecule has 1 aromatic carbocycles. The van der Waals surface area contributed by atoms with E-state index in [2.05, 4.69) is 24.4 Å². The lowest BCUT2D eigenvalue weighted by atomic mass is 10.2. The molecule has 2 N–H and O–H groups in total. The fraction of sp³-hybridized carbons (Fsp3) is 0.450. The number of nitrogens with one attached hydrogen (secondary N) is 2. The molecular weight excluding hydrogens is 396 g/mol. The van der Waals surface area contributed by atoms with Gasteiger partial charge >= 0.3 is 5.69 Å². The summed E-state index contributed by atoms with van der Waals surface area (Å²) in [6.45, 7) is 1.72. The minimum atomic E-state index is -0.205. The summed E-state index contributed by atoms with van der Waals surface area (Å²) < 4.78 is 1.83. The van der Waals surface area contributed by atoms with Crippen molar-refractivity contribution >= 4 is 35.0 Å². The van der Waals surface area contributed by atoms with Gasteiger partial charge in [-0.3, -0.25) is 9.36 Å². The lowest BCUT2D eigenvalue weighted by Crippen LogP contribution is -3.05. The SMILES string of the molecule is C[NH+](C)CCCn1c2c(c(SCC(=O)Nc3ccccc3Cl)nc1=O)CCC2. The number of rotatable bonds is 8. The van der Waals surface area contributed by atoms with E-state index in [1.165, 1.54) is 16.7 Å². The standard InChI is InChI=1S/C20H25ClN4O2S/c1-24(2)11-6-12-25-17-10-5-7-14(17)19(23-20(25)27)28-13-18(26)22-16-9-4-3-8-15(16)21/h3-4,8-9H,5-7,10-13H2,1-2H3,(H,22,26)/p+1. The third kappa shape index (κ3) is 5.16. The van der Waals surface area contributed by atoms with Crippen LogP contribution in [0.2, 0.25) is 5.02 Å². The van der Waals surface area contributed by atoms with E-state index in [9.17, 15) is 9.59 Å². The molecule has 0 atom stereocenters.